The molecule has 8 nitrogen and oxygen atoms in total. The number of ether oxygens (including phenoxy) is 2. The van der Waals surface area contributed by atoms with Gasteiger partial charge in [-0.1, -0.05) is 29.4 Å². The van der Waals surface area contributed by atoms with Crippen LogP contribution in [-0.4, -0.2) is 29.4 Å². The molecule has 0 aliphatic heterocycles. The number of carbonyl (C=O) groups excluding carboxylic acids is 3. The number of carbonyl (C=O) groups is 3. The van der Waals surface area contributed by atoms with Gasteiger partial charge in [0.05, 0.1) is 16.8 Å². The van der Waals surface area contributed by atoms with Crippen LogP contribution in [0.3, 0.4) is 0 Å². The third-order valence-electron chi connectivity index (χ3n) is 5.47. The Morgan fingerprint density at radius 1 is 0.861 bits per heavy atom. The molecule has 0 aliphatic carbocycles. The van der Waals surface area contributed by atoms with E-state index in [-0.39, 0.29) is 23.9 Å². The second-order valence-corrected chi connectivity index (χ2v) is 8.02. The lowest BCUT2D eigenvalue weighted by Gasteiger charge is -2.09. The summed E-state index contributed by atoms with van der Waals surface area (Å²) in [5.74, 6) is -0.105. The van der Waals surface area contributed by atoms with Gasteiger partial charge >= 0.3 is 5.97 Å². The molecule has 1 heterocycles. The average Bonchev–Trinajstić information content (AvgIpc) is 3.23. The zero-order valence-corrected chi connectivity index (χ0v) is 19.8. The SMILES string of the molecule is Cc1noc(C)c1COc1cccc(C(=O)OCC(=O)c2ccc(NC(=O)c3ccccc3)cc2)c1. The summed E-state index contributed by atoms with van der Waals surface area (Å²) < 4.78 is 16.1. The second-order valence-electron chi connectivity index (χ2n) is 8.02. The third-order valence-corrected chi connectivity index (χ3v) is 5.47. The number of nitrogens with zero attached hydrogens (tertiary/aromatic N) is 1. The lowest BCUT2D eigenvalue weighted by Crippen LogP contribution is -2.15. The molecule has 1 aromatic heterocycles. The van der Waals surface area contributed by atoms with Crippen molar-refractivity contribution in [3.05, 3.63) is 113 Å². The van der Waals surface area contributed by atoms with Gasteiger partial charge in [-0.3, -0.25) is 9.59 Å². The van der Waals surface area contributed by atoms with E-state index in [0.29, 0.717) is 28.3 Å². The molecule has 36 heavy (non-hydrogen) atoms. The summed E-state index contributed by atoms with van der Waals surface area (Å²) in [7, 11) is 0. The number of esters is 1. The Morgan fingerprint density at radius 3 is 2.28 bits per heavy atom. The Bertz CT molecular complexity index is 1360. The zero-order chi connectivity index (χ0) is 25.5. The van der Waals surface area contributed by atoms with Gasteiger partial charge in [-0.15, -0.1) is 0 Å². The summed E-state index contributed by atoms with van der Waals surface area (Å²) in [5.41, 5.74) is 3.29. The fraction of sp³-hybridized carbons (Fsp3) is 0.143. The number of hydrogen-bond acceptors (Lipinski definition) is 7. The number of hydrogen-bond donors (Lipinski definition) is 1. The lowest BCUT2D eigenvalue weighted by molar-refractivity contribution is 0.0474. The van der Waals surface area contributed by atoms with Crippen LogP contribution in [0.1, 0.15) is 48.1 Å². The van der Waals surface area contributed by atoms with E-state index in [0.717, 1.165) is 11.3 Å². The van der Waals surface area contributed by atoms with Crippen molar-refractivity contribution in [3.8, 4) is 5.75 Å². The summed E-state index contributed by atoms with van der Waals surface area (Å²) in [5, 5.41) is 6.66. The monoisotopic (exact) mass is 484 g/mol. The van der Waals surface area contributed by atoms with Crippen LogP contribution in [0.15, 0.2) is 83.4 Å². The molecule has 0 saturated carbocycles. The van der Waals surface area contributed by atoms with Crippen molar-refractivity contribution in [1.82, 2.24) is 5.16 Å². The molecule has 0 fully saturated rings. The highest BCUT2D eigenvalue weighted by molar-refractivity contribution is 6.05. The van der Waals surface area contributed by atoms with Crippen molar-refractivity contribution in [2.24, 2.45) is 0 Å². The Labute approximate surface area is 207 Å². The minimum atomic E-state index is -0.641. The van der Waals surface area contributed by atoms with E-state index in [9.17, 15) is 14.4 Å². The van der Waals surface area contributed by atoms with Crippen LogP contribution < -0.4 is 10.1 Å². The molecule has 0 aliphatic rings. The molecule has 1 amide bonds. The molecule has 0 atom stereocenters. The number of amides is 1. The van der Waals surface area contributed by atoms with Gasteiger partial charge in [0.25, 0.3) is 5.91 Å². The summed E-state index contributed by atoms with van der Waals surface area (Å²) >= 11 is 0. The lowest BCUT2D eigenvalue weighted by atomic mass is 10.1. The predicted molar refractivity (Wildman–Crippen MR) is 132 cm³/mol. The number of anilines is 1. The van der Waals surface area contributed by atoms with Crippen molar-refractivity contribution in [3.63, 3.8) is 0 Å². The van der Waals surface area contributed by atoms with Crippen LogP contribution in [-0.2, 0) is 11.3 Å². The van der Waals surface area contributed by atoms with Crippen molar-refractivity contribution in [2.75, 3.05) is 11.9 Å². The van der Waals surface area contributed by atoms with Gasteiger partial charge in [-0.05, 0) is 68.4 Å². The first kappa shape index (κ1) is 24.4. The Balaban J connectivity index is 1.30. The van der Waals surface area contributed by atoms with Gasteiger partial charge in [-0.25, -0.2) is 4.79 Å². The van der Waals surface area contributed by atoms with Crippen LogP contribution in [0.4, 0.5) is 5.69 Å². The first-order valence-corrected chi connectivity index (χ1v) is 11.2. The predicted octanol–water partition coefficient (Wildman–Crippen LogP) is 5.16. The van der Waals surface area contributed by atoms with Crippen LogP contribution in [0.25, 0.3) is 0 Å². The molecule has 0 unspecified atom stereocenters. The summed E-state index contributed by atoms with van der Waals surface area (Å²) in [4.78, 5) is 37.2. The van der Waals surface area contributed by atoms with Crippen LogP contribution >= 0.6 is 0 Å². The van der Waals surface area contributed by atoms with Crippen molar-refractivity contribution >= 4 is 23.3 Å². The molecule has 4 aromatic rings. The fourth-order valence-electron chi connectivity index (χ4n) is 3.41. The first-order valence-electron chi connectivity index (χ1n) is 11.2. The zero-order valence-electron chi connectivity index (χ0n) is 19.8. The molecular weight excluding hydrogens is 460 g/mol. The van der Waals surface area contributed by atoms with Crippen molar-refractivity contribution in [1.29, 1.82) is 0 Å². The number of Topliss-reactive ketones (excluding diaryl/α,β-unsaturated/α-hetero) is 1. The van der Waals surface area contributed by atoms with E-state index in [1.54, 1.807) is 79.7 Å². The van der Waals surface area contributed by atoms with E-state index in [1.165, 1.54) is 0 Å². The molecule has 3 aromatic carbocycles. The number of nitrogens with one attached hydrogen (secondary N) is 1. The number of ketones is 1. The van der Waals surface area contributed by atoms with E-state index in [2.05, 4.69) is 10.5 Å². The first-order chi connectivity index (χ1) is 17.4. The maximum absolute atomic E-state index is 12.5. The number of benzene rings is 3. The highest BCUT2D eigenvalue weighted by Crippen LogP contribution is 2.19. The van der Waals surface area contributed by atoms with Gasteiger partial charge in [0.2, 0.25) is 0 Å². The van der Waals surface area contributed by atoms with E-state index < -0.39 is 12.6 Å². The van der Waals surface area contributed by atoms with Crippen LogP contribution in [0.5, 0.6) is 5.75 Å². The van der Waals surface area contributed by atoms with Gasteiger partial charge in [0, 0.05) is 16.8 Å². The number of aromatic nitrogens is 1. The van der Waals surface area contributed by atoms with E-state index in [4.69, 9.17) is 14.0 Å². The van der Waals surface area contributed by atoms with Crippen LogP contribution in [0.2, 0.25) is 0 Å². The smallest absolute Gasteiger partial charge is 0.338 e. The molecule has 0 radical (unpaired) electrons. The highest BCUT2D eigenvalue weighted by atomic mass is 16.5. The van der Waals surface area contributed by atoms with Gasteiger partial charge < -0.3 is 19.3 Å². The van der Waals surface area contributed by atoms with Crippen molar-refractivity contribution < 1.29 is 28.4 Å². The topological polar surface area (TPSA) is 108 Å². The maximum atomic E-state index is 12.5. The molecule has 0 bridgehead atoms. The summed E-state index contributed by atoms with van der Waals surface area (Å²) in [6, 6.07) is 21.7. The Morgan fingerprint density at radius 2 is 1.58 bits per heavy atom. The normalized spacial score (nSPS) is 10.5. The van der Waals surface area contributed by atoms with E-state index in [1.807, 2.05) is 13.0 Å². The molecular formula is C28H24N2O6. The van der Waals surface area contributed by atoms with Crippen LogP contribution in [0, 0.1) is 13.8 Å². The second kappa shape index (κ2) is 11.1. The molecule has 1 N–H and O–H groups in total. The maximum Gasteiger partial charge on any atom is 0.338 e. The minimum absolute atomic E-state index is 0.249. The third kappa shape index (κ3) is 6.04. The molecule has 0 spiro atoms. The molecule has 8 heteroatoms. The fourth-order valence-corrected chi connectivity index (χ4v) is 3.41. The Kier molecular flexibility index (Phi) is 7.55. The Hall–Kier alpha value is -4.72. The number of aryl methyl sites for hydroxylation is 2. The average molecular weight is 485 g/mol. The van der Waals surface area contributed by atoms with Gasteiger partial charge in [0.15, 0.2) is 12.4 Å². The molecule has 4 rings (SSSR count). The summed E-state index contributed by atoms with van der Waals surface area (Å²) in [6.45, 7) is 3.46. The molecule has 0 saturated heterocycles. The largest absolute Gasteiger partial charge is 0.489 e. The molecule has 182 valence electrons. The summed E-state index contributed by atoms with van der Waals surface area (Å²) in [6.07, 6.45) is 0. The highest BCUT2D eigenvalue weighted by Gasteiger charge is 2.14. The van der Waals surface area contributed by atoms with Crippen molar-refractivity contribution in [2.45, 2.75) is 20.5 Å². The quantitative estimate of drug-likeness (QED) is 0.258. The van der Waals surface area contributed by atoms with Gasteiger partial charge in [-0.2, -0.15) is 0 Å². The minimum Gasteiger partial charge on any atom is -0.489 e. The number of rotatable bonds is 9. The standard InChI is InChI=1S/C28H24N2O6/c1-18-25(19(2)36-30-18)16-34-24-10-6-9-22(15-24)28(33)35-17-26(31)20-11-13-23(14-12-20)29-27(32)21-7-4-3-5-8-21/h3-15H,16-17H2,1-2H3,(H,29,32). The van der Waals surface area contributed by atoms with Gasteiger partial charge in [0.1, 0.15) is 18.1 Å². The van der Waals surface area contributed by atoms with E-state index >= 15 is 0 Å².